The van der Waals surface area contributed by atoms with Crippen molar-refractivity contribution < 1.29 is 9.53 Å². The first kappa shape index (κ1) is 13.0. The topological polar surface area (TPSA) is 67.4 Å². The van der Waals surface area contributed by atoms with Crippen LogP contribution in [0.1, 0.15) is 25.7 Å². The summed E-state index contributed by atoms with van der Waals surface area (Å²) < 4.78 is 5.96. The average Bonchev–Trinajstić information content (AvgIpc) is 3.32. The van der Waals surface area contributed by atoms with Crippen LogP contribution >= 0.6 is 0 Å². The molecular formula is C15H20N4O2. The molecule has 0 unspecified atom stereocenters. The predicted octanol–water partition coefficient (Wildman–Crippen LogP) is 0.739. The quantitative estimate of drug-likeness (QED) is 0.888. The Morgan fingerprint density at radius 2 is 2.10 bits per heavy atom. The van der Waals surface area contributed by atoms with Gasteiger partial charge in [0.25, 0.3) is 0 Å². The van der Waals surface area contributed by atoms with Gasteiger partial charge in [-0.1, -0.05) is 0 Å². The van der Waals surface area contributed by atoms with Gasteiger partial charge in [-0.15, -0.1) is 0 Å². The van der Waals surface area contributed by atoms with Gasteiger partial charge in [-0.2, -0.15) is 0 Å². The summed E-state index contributed by atoms with van der Waals surface area (Å²) in [6.45, 7) is 1.51. The van der Waals surface area contributed by atoms with Crippen LogP contribution in [0, 0.1) is 5.92 Å². The van der Waals surface area contributed by atoms with E-state index in [1.807, 2.05) is 6.07 Å². The lowest BCUT2D eigenvalue weighted by molar-refractivity contribution is -0.124. The number of aromatic nitrogens is 2. The van der Waals surface area contributed by atoms with Gasteiger partial charge in [0.1, 0.15) is 0 Å². The summed E-state index contributed by atoms with van der Waals surface area (Å²) in [6, 6.07) is 2.14. The summed E-state index contributed by atoms with van der Waals surface area (Å²) in [5, 5.41) is 3.18. The SMILES string of the molecule is O=C(N[C@@H]1CN(c2ncccn2)[C@@H]2CCCO[C@@H]21)C1CC1. The fraction of sp³-hybridized carbons (Fsp3) is 0.667. The highest BCUT2D eigenvalue weighted by Crippen LogP contribution is 2.33. The van der Waals surface area contributed by atoms with Crippen LogP contribution < -0.4 is 10.2 Å². The van der Waals surface area contributed by atoms with E-state index in [4.69, 9.17) is 4.74 Å². The third-order valence-electron chi connectivity index (χ3n) is 4.61. The van der Waals surface area contributed by atoms with Crippen molar-refractivity contribution in [1.29, 1.82) is 0 Å². The van der Waals surface area contributed by atoms with Crippen molar-refractivity contribution in [2.24, 2.45) is 5.92 Å². The number of amides is 1. The number of anilines is 1. The molecule has 4 rings (SSSR count). The average molecular weight is 288 g/mol. The fourth-order valence-corrected chi connectivity index (χ4v) is 3.40. The minimum absolute atomic E-state index is 0.0483. The molecule has 2 saturated heterocycles. The Hall–Kier alpha value is -1.69. The zero-order chi connectivity index (χ0) is 14.2. The van der Waals surface area contributed by atoms with Crippen LogP contribution in [0.5, 0.6) is 0 Å². The largest absolute Gasteiger partial charge is 0.374 e. The van der Waals surface area contributed by atoms with Gasteiger partial charge in [-0.05, 0) is 31.7 Å². The smallest absolute Gasteiger partial charge is 0.225 e. The minimum Gasteiger partial charge on any atom is -0.374 e. The molecular weight excluding hydrogens is 268 g/mol. The van der Waals surface area contributed by atoms with Crippen LogP contribution in [0.3, 0.4) is 0 Å². The number of hydrogen-bond donors (Lipinski definition) is 1. The number of nitrogens with one attached hydrogen (secondary N) is 1. The Morgan fingerprint density at radius 3 is 2.86 bits per heavy atom. The standard InChI is InChI=1S/C15H20N4O2/c20-14(10-4-5-10)18-11-9-19(15-16-6-2-7-17-15)12-3-1-8-21-13(11)12/h2,6-7,10-13H,1,3-5,8-9H2,(H,18,20)/t11-,12-,13-/m1/s1. The van der Waals surface area contributed by atoms with Crippen molar-refractivity contribution in [1.82, 2.24) is 15.3 Å². The Balaban J connectivity index is 1.54. The number of fused-ring (bicyclic) bond motifs is 1. The van der Waals surface area contributed by atoms with E-state index >= 15 is 0 Å². The third kappa shape index (κ3) is 2.48. The van der Waals surface area contributed by atoms with Crippen molar-refractivity contribution in [3.05, 3.63) is 18.5 Å². The van der Waals surface area contributed by atoms with Gasteiger partial charge in [0, 0.05) is 31.5 Å². The molecule has 112 valence electrons. The molecule has 6 heteroatoms. The minimum atomic E-state index is 0.0483. The van der Waals surface area contributed by atoms with E-state index in [0.29, 0.717) is 0 Å². The molecule has 1 saturated carbocycles. The molecule has 2 aliphatic heterocycles. The molecule has 1 aliphatic carbocycles. The van der Waals surface area contributed by atoms with Gasteiger partial charge in [-0.3, -0.25) is 4.79 Å². The molecule has 6 nitrogen and oxygen atoms in total. The van der Waals surface area contributed by atoms with E-state index in [1.54, 1.807) is 12.4 Å². The highest BCUT2D eigenvalue weighted by Gasteiger charge is 2.46. The third-order valence-corrected chi connectivity index (χ3v) is 4.61. The van der Waals surface area contributed by atoms with Crippen LogP contribution in [0.2, 0.25) is 0 Å². The van der Waals surface area contributed by atoms with E-state index in [0.717, 1.165) is 44.8 Å². The van der Waals surface area contributed by atoms with Crippen LogP contribution in [0.4, 0.5) is 5.95 Å². The maximum absolute atomic E-state index is 12.1. The van der Waals surface area contributed by atoms with Crippen molar-refractivity contribution in [3.8, 4) is 0 Å². The Labute approximate surface area is 123 Å². The van der Waals surface area contributed by atoms with Gasteiger partial charge in [0.05, 0.1) is 18.2 Å². The van der Waals surface area contributed by atoms with Gasteiger partial charge in [0.2, 0.25) is 11.9 Å². The summed E-state index contributed by atoms with van der Waals surface area (Å²) in [4.78, 5) is 23.0. The molecule has 1 amide bonds. The number of hydrogen-bond acceptors (Lipinski definition) is 5. The molecule has 0 bridgehead atoms. The van der Waals surface area contributed by atoms with E-state index in [9.17, 15) is 4.79 Å². The molecule has 3 fully saturated rings. The summed E-state index contributed by atoms with van der Waals surface area (Å²) >= 11 is 0. The molecule has 1 aromatic rings. The molecule has 0 spiro atoms. The zero-order valence-electron chi connectivity index (χ0n) is 11.9. The van der Waals surface area contributed by atoms with E-state index in [1.165, 1.54) is 0 Å². The zero-order valence-corrected chi connectivity index (χ0v) is 11.9. The van der Waals surface area contributed by atoms with Crippen molar-refractivity contribution >= 4 is 11.9 Å². The van der Waals surface area contributed by atoms with Gasteiger partial charge in [-0.25, -0.2) is 9.97 Å². The molecule has 3 aliphatic rings. The molecule has 3 heterocycles. The maximum atomic E-state index is 12.1. The first-order chi connectivity index (χ1) is 10.3. The number of ether oxygens (including phenoxy) is 1. The lowest BCUT2D eigenvalue weighted by Crippen LogP contribution is -2.48. The first-order valence-corrected chi connectivity index (χ1v) is 7.78. The number of carbonyl (C=O) groups is 1. The van der Waals surface area contributed by atoms with Crippen molar-refractivity contribution in [3.63, 3.8) is 0 Å². The van der Waals surface area contributed by atoms with Gasteiger partial charge >= 0.3 is 0 Å². The highest BCUT2D eigenvalue weighted by atomic mass is 16.5. The fourth-order valence-electron chi connectivity index (χ4n) is 3.40. The second kappa shape index (κ2) is 5.26. The summed E-state index contributed by atoms with van der Waals surface area (Å²) in [7, 11) is 0. The maximum Gasteiger partial charge on any atom is 0.225 e. The monoisotopic (exact) mass is 288 g/mol. The molecule has 3 atom stereocenters. The lowest BCUT2D eigenvalue weighted by Gasteiger charge is -2.32. The van der Waals surface area contributed by atoms with Crippen LogP contribution in [-0.4, -0.2) is 47.2 Å². The molecule has 0 radical (unpaired) electrons. The molecule has 1 aromatic heterocycles. The van der Waals surface area contributed by atoms with Gasteiger partial charge in [0.15, 0.2) is 0 Å². The van der Waals surface area contributed by atoms with Crippen LogP contribution in [0.25, 0.3) is 0 Å². The van der Waals surface area contributed by atoms with Crippen LogP contribution in [-0.2, 0) is 9.53 Å². The van der Waals surface area contributed by atoms with E-state index in [2.05, 4.69) is 20.2 Å². The summed E-state index contributed by atoms with van der Waals surface area (Å²) in [5.74, 6) is 1.15. The van der Waals surface area contributed by atoms with E-state index in [-0.39, 0.29) is 30.0 Å². The molecule has 21 heavy (non-hydrogen) atoms. The predicted molar refractivity (Wildman–Crippen MR) is 76.8 cm³/mol. The van der Waals surface area contributed by atoms with Gasteiger partial charge < -0.3 is 15.0 Å². The first-order valence-electron chi connectivity index (χ1n) is 7.78. The number of rotatable bonds is 3. The second-order valence-corrected chi connectivity index (χ2v) is 6.14. The Kier molecular flexibility index (Phi) is 3.25. The van der Waals surface area contributed by atoms with Crippen LogP contribution in [0.15, 0.2) is 18.5 Å². The van der Waals surface area contributed by atoms with Crippen molar-refractivity contribution in [2.45, 2.75) is 43.9 Å². The number of nitrogens with zero attached hydrogens (tertiary/aromatic N) is 3. The normalized spacial score (nSPS) is 31.8. The summed E-state index contributed by atoms with van der Waals surface area (Å²) in [6.07, 6.45) is 7.75. The number of carbonyl (C=O) groups excluding carboxylic acids is 1. The molecule has 1 N–H and O–H groups in total. The second-order valence-electron chi connectivity index (χ2n) is 6.14. The van der Waals surface area contributed by atoms with Crippen molar-refractivity contribution in [2.75, 3.05) is 18.1 Å². The Bertz CT molecular complexity index is 520. The Morgan fingerprint density at radius 1 is 1.29 bits per heavy atom. The molecule has 0 aromatic carbocycles. The highest BCUT2D eigenvalue weighted by molar-refractivity contribution is 5.81. The van der Waals surface area contributed by atoms with E-state index < -0.39 is 0 Å². The lowest BCUT2D eigenvalue weighted by atomic mass is 10.0. The summed E-state index contributed by atoms with van der Waals surface area (Å²) in [5.41, 5.74) is 0.